The average molecular weight is 643 g/mol. The Morgan fingerprint density at radius 3 is 0.690 bits per heavy atom. The lowest BCUT2D eigenvalue weighted by molar-refractivity contribution is 0.142. The van der Waals surface area contributed by atoms with Gasteiger partial charge in [-0.1, -0.05) is 155 Å². The van der Waals surface area contributed by atoms with Gasteiger partial charge in [-0.05, 0) is 25.7 Å². The lowest BCUT2D eigenvalue weighted by atomic mass is 10.1. The number of hydrogen-bond donors (Lipinski definition) is 2. The fraction of sp³-hybridized carbons (Fsp3) is 1.00. The van der Waals surface area contributed by atoms with Crippen LogP contribution in [0.1, 0.15) is 181 Å². The van der Waals surface area contributed by atoms with Crippen LogP contribution in [0.4, 0.5) is 0 Å². The van der Waals surface area contributed by atoms with Gasteiger partial charge in [0.25, 0.3) is 0 Å². The Labute approximate surface area is 259 Å². The van der Waals surface area contributed by atoms with Gasteiger partial charge in [0.05, 0.1) is 26.4 Å². The summed E-state index contributed by atoms with van der Waals surface area (Å²) in [5.74, 6) is 0. The van der Waals surface area contributed by atoms with Gasteiger partial charge in [-0.15, -0.1) is 0 Å². The molecule has 8 nitrogen and oxygen atoms in total. The quantitative estimate of drug-likeness (QED) is 0.0519. The highest BCUT2D eigenvalue weighted by molar-refractivity contribution is 7.47. The van der Waals surface area contributed by atoms with Crippen molar-refractivity contribution in [3.8, 4) is 0 Å². The minimum Gasteiger partial charge on any atom is -0.302 e. The fourth-order valence-corrected chi connectivity index (χ4v) is 6.47. The number of unbranched alkanes of at least 4 members (excludes halogenated alkanes) is 23. The molecule has 0 aliphatic carbocycles. The first kappa shape index (κ1) is 42.2. The van der Waals surface area contributed by atoms with Gasteiger partial charge in [0.2, 0.25) is 0 Å². The van der Waals surface area contributed by atoms with E-state index in [0.717, 1.165) is 64.2 Å². The van der Waals surface area contributed by atoms with Crippen molar-refractivity contribution in [3.63, 3.8) is 0 Å². The normalized spacial score (nSPS) is 14.7. The van der Waals surface area contributed by atoms with E-state index < -0.39 is 15.6 Å². The lowest BCUT2D eigenvalue weighted by Crippen LogP contribution is -1.99. The van der Waals surface area contributed by atoms with Crippen molar-refractivity contribution in [1.82, 2.24) is 0 Å². The molecule has 0 amide bonds. The van der Waals surface area contributed by atoms with Gasteiger partial charge < -0.3 is 9.79 Å². The third-order valence-corrected chi connectivity index (χ3v) is 9.59. The zero-order valence-corrected chi connectivity index (χ0v) is 29.2. The number of hydrogen-bond acceptors (Lipinski definition) is 6. The van der Waals surface area contributed by atoms with Gasteiger partial charge in [0, 0.05) is 0 Å². The maximum atomic E-state index is 12.0. The van der Waals surface area contributed by atoms with E-state index in [1.807, 2.05) is 0 Å². The molecule has 0 heterocycles. The van der Waals surface area contributed by atoms with Crippen LogP contribution in [0.3, 0.4) is 0 Å². The minimum absolute atomic E-state index is 0.207. The second kappa shape index (κ2) is 31.2. The summed E-state index contributed by atoms with van der Waals surface area (Å²) in [5, 5.41) is 0. The van der Waals surface area contributed by atoms with Crippen LogP contribution < -0.4 is 0 Å². The average Bonchev–Trinajstić information content (AvgIpc) is 2.95. The van der Waals surface area contributed by atoms with E-state index in [9.17, 15) is 18.9 Å². The van der Waals surface area contributed by atoms with Gasteiger partial charge in [0.15, 0.2) is 0 Å². The number of phosphoric ester groups is 2. The predicted octanol–water partition coefficient (Wildman–Crippen LogP) is 11.4. The summed E-state index contributed by atoms with van der Waals surface area (Å²) < 4.78 is 44.3. The Morgan fingerprint density at radius 2 is 0.500 bits per heavy atom. The second-order valence-electron chi connectivity index (χ2n) is 11.8. The number of phosphoric acid groups is 2. The van der Waals surface area contributed by atoms with Gasteiger partial charge in [-0.3, -0.25) is 18.1 Å². The first-order valence-electron chi connectivity index (χ1n) is 17.6. The van der Waals surface area contributed by atoms with Crippen LogP contribution in [-0.4, -0.2) is 36.2 Å². The number of rotatable bonds is 35. The highest BCUT2D eigenvalue weighted by Gasteiger charge is 2.21. The molecule has 0 rings (SSSR count). The molecule has 10 heteroatoms. The Balaban J connectivity index is 3.46. The first-order chi connectivity index (χ1) is 20.3. The Bertz CT molecular complexity index is 596. The zero-order chi connectivity index (χ0) is 31.0. The first-order valence-corrected chi connectivity index (χ1v) is 20.6. The largest absolute Gasteiger partial charge is 0.472 e. The molecule has 0 aromatic rings. The van der Waals surface area contributed by atoms with E-state index in [1.54, 1.807) is 0 Å². The van der Waals surface area contributed by atoms with Crippen LogP contribution in [0.2, 0.25) is 0 Å². The fourth-order valence-electron chi connectivity index (χ4n) is 4.88. The molecule has 2 N–H and O–H groups in total. The summed E-state index contributed by atoms with van der Waals surface area (Å²) in [4.78, 5) is 19.6. The van der Waals surface area contributed by atoms with Crippen molar-refractivity contribution < 1.29 is 37.0 Å². The van der Waals surface area contributed by atoms with E-state index in [0.29, 0.717) is 12.8 Å². The molecular formula is C32H68O8P2. The summed E-state index contributed by atoms with van der Waals surface area (Å²) >= 11 is 0. The van der Waals surface area contributed by atoms with E-state index >= 15 is 0 Å². The molecule has 0 saturated heterocycles. The van der Waals surface area contributed by atoms with Crippen molar-refractivity contribution >= 4 is 15.6 Å². The molecular weight excluding hydrogens is 574 g/mol. The minimum atomic E-state index is -3.96. The monoisotopic (exact) mass is 642 g/mol. The smallest absolute Gasteiger partial charge is 0.302 e. The molecule has 254 valence electrons. The molecule has 2 unspecified atom stereocenters. The molecule has 2 atom stereocenters. The van der Waals surface area contributed by atoms with Crippen LogP contribution in [0, 0.1) is 0 Å². The van der Waals surface area contributed by atoms with E-state index in [1.165, 1.54) is 89.9 Å². The van der Waals surface area contributed by atoms with Crippen molar-refractivity contribution in [3.05, 3.63) is 0 Å². The van der Waals surface area contributed by atoms with E-state index in [-0.39, 0.29) is 26.4 Å². The summed E-state index contributed by atoms with van der Waals surface area (Å²) in [6, 6.07) is 0. The van der Waals surface area contributed by atoms with E-state index in [4.69, 9.17) is 18.1 Å². The summed E-state index contributed by atoms with van der Waals surface area (Å²) in [6.07, 6.45) is 29.2. The summed E-state index contributed by atoms with van der Waals surface area (Å²) in [5.41, 5.74) is 0. The van der Waals surface area contributed by atoms with Gasteiger partial charge in [0.1, 0.15) is 0 Å². The van der Waals surface area contributed by atoms with Crippen LogP contribution in [-0.2, 0) is 27.2 Å². The third-order valence-electron chi connectivity index (χ3n) is 7.55. The van der Waals surface area contributed by atoms with Crippen LogP contribution in [0.25, 0.3) is 0 Å². The summed E-state index contributed by atoms with van der Waals surface area (Å²) in [6.45, 7) is 5.40. The van der Waals surface area contributed by atoms with E-state index in [2.05, 4.69) is 13.8 Å². The molecule has 0 fully saturated rings. The Morgan fingerprint density at radius 1 is 0.333 bits per heavy atom. The third kappa shape index (κ3) is 33.1. The highest BCUT2D eigenvalue weighted by atomic mass is 31.2. The van der Waals surface area contributed by atoms with Crippen LogP contribution in [0.5, 0.6) is 0 Å². The molecule has 0 aliphatic rings. The van der Waals surface area contributed by atoms with Crippen LogP contribution >= 0.6 is 15.6 Å². The van der Waals surface area contributed by atoms with Gasteiger partial charge >= 0.3 is 15.6 Å². The molecule has 0 aromatic carbocycles. The SMILES string of the molecule is CCCCCCCCCCCCOP(=O)(O)OCCCCCCCCOP(=O)(O)OCCCCCCCCCCCC. The maximum absolute atomic E-state index is 12.0. The standard InChI is InChI=1S/C32H68O8P2/c1-3-5-7-9-11-13-15-17-21-25-29-37-41(33,34)39-31-27-23-19-20-24-28-32-40-42(35,36)38-30-26-22-18-16-14-12-10-8-6-4-2/h3-32H2,1-2H3,(H,33,34)(H,35,36). The molecule has 0 bridgehead atoms. The topological polar surface area (TPSA) is 112 Å². The van der Waals surface area contributed by atoms with Crippen molar-refractivity contribution in [2.45, 2.75) is 181 Å². The van der Waals surface area contributed by atoms with Crippen molar-refractivity contribution in [1.29, 1.82) is 0 Å². The highest BCUT2D eigenvalue weighted by Crippen LogP contribution is 2.44. The predicted molar refractivity (Wildman–Crippen MR) is 175 cm³/mol. The van der Waals surface area contributed by atoms with Gasteiger partial charge in [-0.25, -0.2) is 9.13 Å². The van der Waals surface area contributed by atoms with Crippen LogP contribution in [0.15, 0.2) is 0 Å². The van der Waals surface area contributed by atoms with Crippen molar-refractivity contribution in [2.75, 3.05) is 26.4 Å². The lowest BCUT2D eigenvalue weighted by Gasteiger charge is -2.12. The molecule has 0 saturated carbocycles. The molecule has 0 spiro atoms. The maximum Gasteiger partial charge on any atom is 0.472 e. The summed E-state index contributed by atoms with van der Waals surface area (Å²) in [7, 11) is -7.91. The molecule has 0 aliphatic heterocycles. The van der Waals surface area contributed by atoms with Crippen molar-refractivity contribution in [2.24, 2.45) is 0 Å². The Kier molecular flexibility index (Phi) is 31.4. The Hall–Kier alpha value is 0.220. The molecule has 0 radical (unpaired) electrons. The molecule has 42 heavy (non-hydrogen) atoms. The zero-order valence-electron chi connectivity index (χ0n) is 27.5. The molecule has 0 aromatic heterocycles. The van der Waals surface area contributed by atoms with Gasteiger partial charge in [-0.2, -0.15) is 0 Å². The second-order valence-corrected chi connectivity index (χ2v) is 14.7.